The Morgan fingerprint density at radius 2 is 1.46 bits per heavy atom. The smallest absolute Gasteiger partial charge is 0.424 e. The molecule has 2 amide bonds. The van der Waals surface area contributed by atoms with Gasteiger partial charge in [0.05, 0.1) is 11.4 Å². The number of hydrogen-bond donors (Lipinski definition) is 0. The van der Waals surface area contributed by atoms with E-state index < -0.39 is 23.4 Å². The molecule has 1 rings (SSSR count). The Hall–Kier alpha value is -2.73. The number of rotatable bonds is 2. The Labute approximate surface area is 141 Å². The number of hydrogen-bond acceptors (Lipinski definition) is 5. The minimum absolute atomic E-state index is 0.0822. The van der Waals surface area contributed by atoms with E-state index in [1.807, 2.05) is 0 Å². The first-order valence-corrected chi connectivity index (χ1v) is 7.35. The van der Waals surface area contributed by atoms with Crippen LogP contribution in [-0.4, -0.2) is 23.4 Å². The van der Waals surface area contributed by atoms with Gasteiger partial charge in [0.1, 0.15) is 11.2 Å². The first-order valence-electron chi connectivity index (χ1n) is 7.35. The molecule has 0 bridgehead atoms. The van der Waals surface area contributed by atoms with Gasteiger partial charge in [-0.05, 0) is 53.1 Å². The number of ether oxygens (including phenoxy) is 2. The molecule has 1 aromatic carbocycles. The molecule has 0 aliphatic rings. The van der Waals surface area contributed by atoms with Crippen molar-refractivity contribution in [2.75, 3.05) is 4.90 Å². The van der Waals surface area contributed by atoms with Gasteiger partial charge in [-0.1, -0.05) is 23.3 Å². The molecule has 0 unspecified atom stereocenters. The van der Waals surface area contributed by atoms with Crippen LogP contribution >= 0.6 is 0 Å². The van der Waals surface area contributed by atoms with Gasteiger partial charge in [0.15, 0.2) is 0 Å². The molecule has 0 aliphatic heterocycles. The lowest BCUT2D eigenvalue weighted by molar-refractivity contribution is 0.0431. The van der Waals surface area contributed by atoms with Crippen molar-refractivity contribution in [3.05, 3.63) is 34.7 Å². The summed E-state index contributed by atoms with van der Waals surface area (Å²) >= 11 is 0. The van der Waals surface area contributed by atoms with E-state index in [2.05, 4.69) is 10.0 Å². The van der Waals surface area contributed by atoms with Crippen molar-refractivity contribution >= 4 is 23.6 Å². The van der Waals surface area contributed by atoms with E-state index in [-0.39, 0.29) is 11.4 Å². The van der Waals surface area contributed by atoms with Gasteiger partial charge in [0.25, 0.3) is 0 Å². The van der Waals surface area contributed by atoms with Gasteiger partial charge in [-0.3, -0.25) is 0 Å². The third-order valence-corrected chi connectivity index (χ3v) is 2.43. The average Bonchev–Trinajstić information content (AvgIpc) is 2.37. The molecule has 130 valence electrons. The summed E-state index contributed by atoms with van der Waals surface area (Å²) in [6.45, 7) is 10.1. The minimum atomic E-state index is -0.919. The van der Waals surface area contributed by atoms with E-state index in [0.29, 0.717) is 0 Å². The van der Waals surface area contributed by atoms with Crippen LogP contribution in [0.5, 0.6) is 0 Å². The van der Waals surface area contributed by atoms with Crippen LogP contribution in [0.2, 0.25) is 0 Å². The van der Waals surface area contributed by atoms with Crippen molar-refractivity contribution in [3.63, 3.8) is 0 Å². The summed E-state index contributed by atoms with van der Waals surface area (Å²) in [5, 5.41) is 3.51. The summed E-state index contributed by atoms with van der Waals surface area (Å²) in [6.07, 6.45) is -1.84. The molecular weight excluding hydrogens is 312 g/mol. The van der Waals surface area contributed by atoms with E-state index >= 15 is 0 Å². The number of para-hydroxylation sites is 1. The zero-order valence-corrected chi connectivity index (χ0v) is 14.7. The molecule has 0 heterocycles. The zero-order chi connectivity index (χ0) is 18.5. The maximum atomic E-state index is 12.5. The van der Waals surface area contributed by atoms with Crippen LogP contribution in [0.25, 0.3) is 10.4 Å². The third-order valence-electron chi connectivity index (χ3n) is 2.43. The van der Waals surface area contributed by atoms with Crippen molar-refractivity contribution in [1.29, 1.82) is 0 Å². The maximum Gasteiger partial charge on any atom is 0.424 e. The predicted molar refractivity (Wildman–Crippen MR) is 90.2 cm³/mol. The molecule has 0 aliphatic carbocycles. The lowest BCUT2D eigenvalue weighted by Gasteiger charge is -2.29. The average molecular weight is 334 g/mol. The maximum absolute atomic E-state index is 12.5. The quantitative estimate of drug-likeness (QED) is 0.415. The van der Waals surface area contributed by atoms with Gasteiger partial charge in [0.2, 0.25) is 0 Å². The molecule has 8 heteroatoms. The number of carbonyl (C=O) groups excluding carboxylic acids is 2. The van der Waals surface area contributed by atoms with Crippen LogP contribution in [0.4, 0.5) is 21.0 Å². The zero-order valence-electron chi connectivity index (χ0n) is 14.7. The normalized spacial score (nSPS) is 11.2. The molecule has 8 nitrogen and oxygen atoms in total. The second-order valence-corrected chi connectivity index (χ2v) is 6.97. The summed E-state index contributed by atoms with van der Waals surface area (Å²) in [7, 11) is 0. The number of imide groups is 1. The fraction of sp³-hybridized carbons (Fsp3) is 0.500. The summed E-state index contributed by atoms with van der Waals surface area (Å²) < 4.78 is 10.5. The first-order chi connectivity index (χ1) is 10.9. The molecule has 0 N–H and O–H groups in total. The molecular formula is C16H22N4O4. The molecule has 24 heavy (non-hydrogen) atoms. The molecule has 0 saturated heterocycles. The van der Waals surface area contributed by atoms with Crippen LogP contribution in [0.15, 0.2) is 29.4 Å². The van der Waals surface area contributed by atoms with Crippen molar-refractivity contribution < 1.29 is 19.1 Å². The lowest BCUT2D eigenvalue weighted by Crippen LogP contribution is -2.43. The number of amides is 2. The highest BCUT2D eigenvalue weighted by atomic mass is 16.6. The molecule has 1 aromatic rings. The summed E-state index contributed by atoms with van der Waals surface area (Å²) in [5.74, 6) is 0. The Bertz CT molecular complexity index is 639. The SMILES string of the molecule is CC(C)(C)OC(=O)N(C(=O)OC(C)(C)C)c1ccccc1N=[N+]=[N-]. The first kappa shape index (κ1) is 19.3. The molecule has 0 atom stereocenters. The van der Waals surface area contributed by atoms with Crippen molar-refractivity contribution in [3.8, 4) is 0 Å². The number of azide groups is 1. The van der Waals surface area contributed by atoms with E-state index in [9.17, 15) is 9.59 Å². The molecule has 0 spiro atoms. The number of benzene rings is 1. The topological polar surface area (TPSA) is 105 Å². The highest BCUT2D eigenvalue weighted by Crippen LogP contribution is 2.31. The third kappa shape index (κ3) is 5.81. The van der Waals surface area contributed by atoms with Crippen molar-refractivity contribution in [2.45, 2.75) is 52.7 Å². The molecule has 0 saturated carbocycles. The van der Waals surface area contributed by atoms with Gasteiger partial charge in [-0.2, -0.15) is 4.90 Å². The molecule has 0 radical (unpaired) electrons. The Morgan fingerprint density at radius 3 is 1.88 bits per heavy atom. The van der Waals surface area contributed by atoms with Gasteiger partial charge >= 0.3 is 12.2 Å². The van der Waals surface area contributed by atoms with E-state index in [1.54, 1.807) is 53.7 Å². The Morgan fingerprint density at radius 1 is 1.00 bits per heavy atom. The summed E-state index contributed by atoms with van der Waals surface area (Å²) in [6, 6.07) is 6.18. The number of carbonyl (C=O) groups is 2. The monoisotopic (exact) mass is 334 g/mol. The van der Waals surface area contributed by atoms with E-state index in [4.69, 9.17) is 15.0 Å². The highest BCUT2D eigenvalue weighted by Gasteiger charge is 2.33. The fourth-order valence-corrected chi connectivity index (χ4v) is 1.67. The minimum Gasteiger partial charge on any atom is -0.443 e. The largest absolute Gasteiger partial charge is 0.443 e. The molecule has 0 fully saturated rings. The van der Waals surface area contributed by atoms with E-state index in [0.717, 1.165) is 4.90 Å². The second kappa shape index (κ2) is 7.23. The lowest BCUT2D eigenvalue weighted by atomic mass is 10.2. The summed E-state index contributed by atoms with van der Waals surface area (Å²) in [4.78, 5) is 28.5. The highest BCUT2D eigenvalue weighted by molar-refractivity contribution is 6.11. The van der Waals surface area contributed by atoms with Gasteiger partial charge in [-0.15, -0.1) is 0 Å². The Kier molecular flexibility index (Phi) is 5.82. The number of nitrogens with zero attached hydrogens (tertiary/aromatic N) is 4. The summed E-state index contributed by atoms with van der Waals surface area (Å²) in [5.41, 5.74) is 7.24. The van der Waals surface area contributed by atoms with Crippen molar-refractivity contribution in [1.82, 2.24) is 0 Å². The van der Waals surface area contributed by atoms with Gasteiger partial charge in [-0.25, -0.2) is 9.59 Å². The van der Waals surface area contributed by atoms with Crippen LogP contribution in [0.1, 0.15) is 41.5 Å². The van der Waals surface area contributed by atoms with Crippen LogP contribution in [0.3, 0.4) is 0 Å². The van der Waals surface area contributed by atoms with Crippen LogP contribution in [-0.2, 0) is 9.47 Å². The standard InChI is InChI=1S/C16H22N4O4/c1-15(2,3)23-13(21)20(14(22)24-16(4,5)6)12-10-8-7-9-11(12)18-19-17/h7-10H,1-6H3. The molecule has 0 aromatic heterocycles. The predicted octanol–water partition coefficient (Wildman–Crippen LogP) is 5.31. The fourth-order valence-electron chi connectivity index (χ4n) is 1.67. The van der Waals surface area contributed by atoms with Crippen molar-refractivity contribution in [2.24, 2.45) is 5.11 Å². The van der Waals surface area contributed by atoms with Crippen LogP contribution in [0, 0.1) is 0 Å². The van der Waals surface area contributed by atoms with E-state index in [1.165, 1.54) is 12.1 Å². The Balaban J connectivity index is 3.36. The van der Waals surface area contributed by atoms with Crippen LogP contribution < -0.4 is 4.90 Å². The number of anilines is 1. The second-order valence-electron chi connectivity index (χ2n) is 6.97. The van der Waals surface area contributed by atoms with Gasteiger partial charge in [0, 0.05) is 4.91 Å². The van der Waals surface area contributed by atoms with Gasteiger partial charge < -0.3 is 9.47 Å².